The molecule has 1 heterocycles. The molecule has 8 N–H and O–H groups in total. The molecule has 3 rings (SSSR count). The van der Waals surface area contributed by atoms with E-state index < -0.39 is 48.0 Å². The van der Waals surface area contributed by atoms with E-state index in [1.807, 2.05) is 29.2 Å². The van der Waals surface area contributed by atoms with E-state index in [1.54, 1.807) is 43.9 Å². The van der Waals surface area contributed by atoms with E-state index in [-0.39, 0.29) is 127 Å². The first-order valence-electron chi connectivity index (χ1n) is 24.6. The van der Waals surface area contributed by atoms with Gasteiger partial charge in [-0.15, -0.1) is 0 Å². The van der Waals surface area contributed by atoms with Crippen molar-refractivity contribution < 1.29 is 73.5 Å². The van der Waals surface area contributed by atoms with Crippen molar-refractivity contribution in [2.75, 3.05) is 85.1 Å². The summed E-state index contributed by atoms with van der Waals surface area (Å²) in [7, 11) is 0. The van der Waals surface area contributed by atoms with Gasteiger partial charge in [-0.3, -0.25) is 48.4 Å². The zero-order valence-corrected chi connectivity index (χ0v) is 43.5. The highest BCUT2D eigenvalue weighted by atomic mass is 79.9. The number of nitrogens with one attached hydrogen (secondary N) is 3. The fraction of sp³-hybridized carbons (Fsp3) is 0.560. The van der Waals surface area contributed by atoms with Crippen molar-refractivity contribution in [1.29, 1.82) is 0 Å². The molecule has 23 nitrogen and oxygen atoms in total. The second-order valence-corrected chi connectivity index (χ2v) is 19.2. The Morgan fingerprint density at radius 1 is 0.554 bits per heavy atom. The number of carbonyl (C=O) groups excluding carboxylic acids is 5. The number of aliphatic carboxylic acids is 5. The van der Waals surface area contributed by atoms with Crippen molar-refractivity contribution in [3.8, 4) is 0 Å². The molecule has 1 fully saturated rings. The second-order valence-electron chi connectivity index (χ2n) is 18.3. The zero-order valence-electron chi connectivity index (χ0n) is 41.9. The summed E-state index contributed by atoms with van der Waals surface area (Å²) in [6.07, 6.45) is 2.68. The van der Waals surface area contributed by atoms with Crippen LogP contribution in [0.2, 0.25) is 0 Å². The normalized spacial score (nSPS) is 15.1. The fourth-order valence-electron chi connectivity index (χ4n) is 8.07. The maximum Gasteiger partial charge on any atom is 0.326 e. The molecule has 2 aromatic carbocycles. The highest BCUT2D eigenvalue weighted by molar-refractivity contribution is 9.10. The molecule has 1 aliphatic heterocycles. The molecule has 1 aliphatic rings. The molecular formula is C50H71BrN8O15. The van der Waals surface area contributed by atoms with Crippen LogP contribution in [0.25, 0.3) is 0 Å². The molecule has 4 amide bonds. The third-order valence-corrected chi connectivity index (χ3v) is 12.8. The number of unbranched alkanes of at least 4 members (excludes halogenated alkanes) is 3. The lowest BCUT2D eigenvalue weighted by Crippen LogP contribution is -2.51. The SMILES string of the molecule is CC(=O)CC[C@@H](NC(=O)N[C@H](CCCCN(Cc1ccc(Br)cc1)C(=O)CCCCCC(=O)c1ccc(CNC(=O)CN2CCN(CC(=O)O)CCN(CC(=O)O)CCN(CC(=O)O)CC2)cc1)C(=O)O)C(=O)O. The molecular weight excluding hydrogens is 1030 g/mol. The monoisotopic (exact) mass is 1100 g/mol. The Labute approximate surface area is 438 Å². The number of carboxylic acid groups (broad SMARTS) is 5. The number of benzene rings is 2. The van der Waals surface area contributed by atoms with E-state index in [2.05, 4.69) is 31.9 Å². The van der Waals surface area contributed by atoms with Gasteiger partial charge >= 0.3 is 35.9 Å². The van der Waals surface area contributed by atoms with Gasteiger partial charge in [-0.1, -0.05) is 58.7 Å². The van der Waals surface area contributed by atoms with E-state index in [4.69, 9.17) is 0 Å². The Morgan fingerprint density at radius 3 is 1.49 bits per heavy atom. The van der Waals surface area contributed by atoms with Crippen LogP contribution < -0.4 is 16.0 Å². The van der Waals surface area contributed by atoms with Gasteiger partial charge < -0.3 is 51.2 Å². The predicted octanol–water partition coefficient (Wildman–Crippen LogP) is 2.45. The molecule has 0 radical (unpaired) electrons. The molecule has 2 atom stereocenters. The minimum absolute atomic E-state index is 0.0143. The van der Waals surface area contributed by atoms with Crippen LogP contribution in [-0.2, 0) is 51.4 Å². The van der Waals surface area contributed by atoms with Crippen LogP contribution in [0.3, 0.4) is 0 Å². The molecule has 0 spiro atoms. The summed E-state index contributed by atoms with van der Waals surface area (Å²) < 4.78 is 0.869. The van der Waals surface area contributed by atoms with Gasteiger partial charge in [0.25, 0.3) is 0 Å². The standard InChI is InChI=1S/C50H71BrN8O15/c1-35(60)10-19-41(49(72)73)54-50(74)53-40(48(70)71)7-5-6-20-59(30-37-13-17-39(51)18-14-37)44(63)9-4-2-3-8-42(61)38-15-11-36(12-16-38)29-52-43(62)31-55-21-23-56(32-45(64)65)25-27-58(34-47(68)69)28-26-57(24-22-55)33-46(66)67/h11-18,40-41H,2-10,19-34H2,1H3,(H,52,62)(H,64,65)(H,66,67)(H,68,69)(H,70,71)(H,72,73)(H2,53,54,74)/t40-,41-/m1/s1. The summed E-state index contributed by atoms with van der Waals surface area (Å²) in [6, 6.07) is 10.7. The number of Topliss-reactive ketones (excluding diaryl/α,β-unsaturated/α-hetero) is 2. The topological polar surface area (TPSA) is 324 Å². The smallest absolute Gasteiger partial charge is 0.326 e. The first kappa shape index (κ1) is 62.0. The van der Waals surface area contributed by atoms with Crippen molar-refractivity contribution in [3.63, 3.8) is 0 Å². The molecule has 0 saturated carbocycles. The number of carbonyl (C=O) groups is 10. The maximum atomic E-state index is 13.5. The molecule has 408 valence electrons. The Morgan fingerprint density at radius 2 is 1.01 bits per heavy atom. The molecule has 74 heavy (non-hydrogen) atoms. The molecule has 0 aromatic heterocycles. The Hall–Kier alpha value is -6.34. The summed E-state index contributed by atoms with van der Waals surface area (Å²) in [5.41, 5.74) is 2.13. The van der Waals surface area contributed by atoms with Crippen molar-refractivity contribution >= 4 is 75.2 Å². The van der Waals surface area contributed by atoms with E-state index >= 15 is 0 Å². The number of carboxylic acids is 5. The van der Waals surface area contributed by atoms with Crippen molar-refractivity contribution in [2.45, 2.75) is 96.3 Å². The molecule has 24 heteroatoms. The van der Waals surface area contributed by atoms with Gasteiger partial charge in [0.1, 0.15) is 17.9 Å². The third-order valence-electron chi connectivity index (χ3n) is 12.2. The number of nitrogens with zero attached hydrogens (tertiary/aromatic N) is 5. The van der Waals surface area contributed by atoms with Crippen molar-refractivity contribution in [3.05, 3.63) is 69.7 Å². The Balaban J connectivity index is 1.48. The van der Waals surface area contributed by atoms with E-state index in [0.717, 1.165) is 15.6 Å². The van der Waals surface area contributed by atoms with E-state index in [9.17, 15) is 73.5 Å². The highest BCUT2D eigenvalue weighted by Crippen LogP contribution is 2.17. The van der Waals surface area contributed by atoms with E-state index in [1.165, 1.54) is 6.92 Å². The van der Waals surface area contributed by atoms with Gasteiger partial charge in [-0.05, 0) is 68.7 Å². The average molecular weight is 1100 g/mol. The highest BCUT2D eigenvalue weighted by Gasteiger charge is 2.26. The lowest BCUT2D eigenvalue weighted by atomic mass is 10.0. The lowest BCUT2D eigenvalue weighted by Gasteiger charge is -2.32. The Bertz CT molecular complexity index is 2170. The quantitative estimate of drug-likeness (QED) is 0.0397. The number of ketones is 2. The molecule has 0 bridgehead atoms. The van der Waals surface area contributed by atoms with Crippen LogP contribution in [0, 0.1) is 0 Å². The van der Waals surface area contributed by atoms with Gasteiger partial charge in [0.15, 0.2) is 5.78 Å². The van der Waals surface area contributed by atoms with Crippen molar-refractivity contribution in [1.82, 2.24) is 40.4 Å². The number of halogens is 1. The zero-order chi connectivity index (χ0) is 54.6. The van der Waals surface area contributed by atoms with Crippen LogP contribution in [-0.4, -0.2) is 206 Å². The molecule has 2 aromatic rings. The molecule has 0 aliphatic carbocycles. The summed E-state index contributed by atoms with van der Waals surface area (Å²) in [5, 5.41) is 54.9. The van der Waals surface area contributed by atoms with Gasteiger partial charge in [0.2, 0.25) is 11.8 Å². The summed E-state index contributed by atoms with van der Waals surface area (Å²) in [5.74, 6) is -6.57. The fourth-order valence-corrected chi connectivity index (χ4v) is 8.33. The predicted molar refractivity (Wildman–Crippen MR) is 272 cm³/mol. The third kappa shape index (κ3) is 26.0. The number of urea groups is 1. The van der Waals surface area contributed by atoms with Crippen LogP contribution in [0.4, 0.5) is 4.79 Å². The first-order valence-corrected chi connectivity index (χ1v) is 25.4. The second kappa shape index (κ2) is 33.5. The van der Waals surface area contributed by atoms with Gasteiger partial charge in [0.05, 0.1) is 26.2 Å². The van der Waals surface area contributed by atoms with Gasteiger partial charge in [-0.25, -0.2) is 14.4 Å². The first-order chi connectivity index (χ1) is 35.2. The minimum Gasteiger partial charge on any atom is -0.480 e. The van der Waals surface area contributed by atoms with Crippen LogP contribution in [0.5, 0.6) is 0 Å². The number of amides is 4. The minimum atomic E-state index is -1.37. The van der Waals surface area contributed by atoms with Gasteiger partial charge in [-0.2, -0.15) is 0 Å². The molecule has 0 unspecified atom stereocenters. The lowest BCUT2D eigenvalue weighted by molar-refractivity contribution is -0.140. The largest absolute Gasteiger partial charge is 0.480 e. The van der Waals surface area contributed by atoms with Crippen molar-refractivity contribution in [2.24, 2.45) is 0 Å². The summed E-state index contributed by atoms with van der Waals surface area (Å²) >= 11 is 3.42. The van der Waals surface area contributed by atoms with Gasteiger partial charge in [0, 0.05) is 101 Å². The summed E-state index contributed by atoms with van der Waals surface area (Å²) in [6.45, 7) is 3.40. The number of hydrogen-bond acceptors (Lipinski definition) is 14. The molecule has 1 saturated heterocycles. The average Bonchev–Trinajstić information content (AvgIpc) is 3.33. The van der Waals surface area contributed by atoms with Crippen LogP contribution in [0.1, 0.15) is 92.6 Å². The van der Waals surface area contributed by atoms with E-state index in [0.29, 0.717) is 63.8 Å². The number of rotatable bonds is 31. The Kier molecular flexibility index (Phi) is 28.0. The van der Waals surface area contributed by atoms with Crippen LogP contribution >= 0.6 is 15.9 Å². The number of hydrogen-bond donors (Lipinski definition) is 8. The van der Waals surface area contributed by atoms with Crippen LogP contribution in [0.15, 0.2) is 53.0 Å². The maximum absolute atomic E-state index is 13.5. The summed E-state index contributed by atoms with van der Waals surface area (Å²) in [4.78, 5) is 130.